The predicted octanol–water partition coefficient (Wildman–Crippen LogP) is 0.366. The van der Waals surface area contributed by atoms with Crippen molar-refractivity contribution in [1.82, 2.24) is 0 Å². The van der Waals surface area contributed by atoms with E-state index >= 15 is 0 Å². The minimum atomic E-state index is -4.26. The van der Waals surface area contributed by atoms with Crippen LogP contribution in [0.5, 0.6) is 0 Å². The zero-order chi connectivity index (χ0) is 17.2. The molecule has 2 N–H and O–H groups in total. The van der Waals surface area contributed by atoms with Crippen molar-refractivity contribution in [2.45, 2.75) is 96.8 Å². The van der Waals surface area contributed by atoms with Crippen LogP contribution in [0.15, 0.2) is 12.2 Å². The van der Waals surface area contributed by atoms with Gasteiger partial charge in [0, 0.05) is 0 Å². The SMILES string of the molecule is CCCCCCCC/C=C\CCCCCCCCOP(=O)(O)O.[H-].[H-].[Na+].[Na+]. The molecule has 0 aliphatic heterocycles. The van der Waals surface area contributed by atoms with Crippen molar-refractivity contribution in [1.29, 1.82) is 0 Å². The van der Waals surface area contributed by atoms with Gasteiger partial charge in [-0.05, 0) is 32.1 Å². The van der Waals surface area contributed by atoms with Gasteiger partial charge in [-0.1, -0.05) is 76.9 Å². The fourth-order valence-corrected chi connectivity index (χ4v) is 2.90. The van der Waals surface area contributed by atoms with Crippen LogP contribution in [0.25, 0.3) is 0 Å². The smallest absolute Gasteiger partial charge is 1.00 e. The van der Waals surface area contributed by atoms with Gasteiger partial charge in [0.05, 0.1) is 6.61 Å². The summed E-state index contributed by atoms with van der Waals surface area (Å²) in [7, 11) is -4.26. The second-order valence-electron chi connectivity index (χ2n) is 6.26. The quantitative estimate of drug-likeness (QED) is 0.161. The van der Waals surface area contributed by atoms with Gasteiger partial charge in [0.15, 0.2) is 0 Å². The van der Waals surface area contributed by atoms with Gasteiger partial charge in [0.1, 0.15) is 0 Å². The second kappa shape index (κ2) is 23.9. The van der Waals surface area contributed by atoms with Gasteiger partial charge in [0.2, 0.25) is 0 Å². The molecule has 7 heteroatoms. The molecule has 0 aromatic carbocycles. The summed E-state index contributed by atoms with van der Waals surface area (Å²) in [4.78, 5) is 17.1. The Balaban J connectivity index is -0.000000403. The molecular weight excluding hydrogens is 357 g/mol. The van der Waals surface area contributed by atoms with Crippen LogP contribution >= 0.6 is 7.82 Å². The third kappa shape index (κ3) is 30.8. The normalized spacial score (nSPS) is 11.3. The summed E-state index contributed by atoms with van der Waals surface area (Å²) in [5.41, 5.74) is 0. The molecule has 0 aliphatic rings. The Kier molecular flexibility index (Phi) is 30.1. The van der Waals surface area contributed by atoms with Gasteiger partial charge < -0.3 is 12.6 Å². The molecule has 0 unspecified atom stereocenters. The van der Waals surface area contributed by atoms with E-state index in [0.29, 0.717) is 0 Å². The second-order valence-corrected chi connectivity index (χ2v) is 7.50. The van der Waals surface area contributed by atoms with Crippen molar-refractivity contribution in [2.24, 2.45) is 0 Å². The molecule has 0 aromatic heterocycles. The van der Waals surface area contributed by atoms with Crippen molar-refractivity contribution < 1.29 is 80.8 Å². The third-order valence-corrected chi connectivity index (χ3v) is 4.43. The summed E-state index contributed by atoms with van der Waals surface area (Å²) >= 11 is 0. The average molecular weight is 396 g/mol. The van der Waals surface area contributed by atoms with Gasteiger partial charge in [0.25, 0.3) is 0 Å². The summed E-state index contributed by atoms with van der Waals surface area (Å²) in [5.74, 6) is 0. The molecule has 0 heterocycles. The fourth-order valence-electron chi connectivity index (χ4n) is 2.53. The van der Waals surface area contributed by atoms with Crippen LogP contribution in [0.3, 0.4) is 0 Å². The monoisotopic (exact) mass is 396 g/mol. The summed E-state index contributed by atoms with van der Waals surface area (Å²) < 4.78 is 14.9. The Hall–Kier alpha value is 1.85. The maximum Gasteiger partial charge on any atom is 1.00 e. The fraction of sp³-hybridized carbons (Fsp3) is 0.889. The zero-order valence-electron chi connectivity index (χ0n) is 18.9. The minimum Gasteiger partial charge on any atom is -1.00 e. The molecule has 0 rings (SSSR count). The third-order valence-electron chi connectivity index (χ3n) is 3.92. The minimum absolute atomic E-state index is 0. The molecule has 0 atom stereocenters. The van der Waals surface area contributed by atoms with Crippen LogP contribution in [-0.4, -0.2) is 16.4 Å². The van der Waals surface area contributed by atoms with E-state index < -0.39 is 7.82 Å². The van der Waals surface area contributed by atoms with E-state index in [1.165, 1.54) is 70.6 Å². The number of allylic oxidation sites excluding steroid dienone is 2. The first-order chi connectivity index (χ1) is 11.1. The van der Waals surface area contributed by atoms with E-state index in [-0.39, 0.29) is 68.6 Å². The number of hydrogen-bond acceptors (Lipinski definition) is 2. The zero-order valence-corrected chi connectivity index (χ0v) is 21.8. The largest absolute Gasteiger partial charge is 1.00 e. The molecule has 4 nitrogen and oxygen atoms in total. The Morgan fingerprint density at radius 3 is 1.60 bits per heavy atom. The Bertz CT molecular complexity index is 332. The molecule has 0 amide bonds. The standard InChI is InChI=1S/C18H37O4P.2Na.2H/c1-2-3-4-5-6-7-8-9-10-11-12-13-14-15-16-17-18-22-23(19,20)21;;;;/h9-10H,2-8,11-18H2,1H3,(H2,19,20,21);;;;/q;2*+1;2*-1/b10-9-;;;;. The molecule has 0 aliphatic carbocycles. The van der Waals surface area contributed by atoms with Crippen LogP contribution in [0.1, 0.15) is 99.7 Å². The molecule has 0 radical (unpaired) electrons. The maximum atomic E-state index is 10.5. The van der Waals surface area contributed by atoms with Crippen LogP contribution in [-0.2, 0) is 9.09 Å². The van der Waals surface area contributed by atoms with Crippen molar-refractivity contribution in [2.75, 3.05) is 6.61 Å². The topological polar surface area (TPSA) is 66.8 Å². The molecule has 0 bridgehead atoms. The number of phosphoric ester groups is 1. The molecule has 0 saturated carbocycles. The Morgan fingerprint density at radius 1 is 0.760 bits per heavy atom. The summed E-state index contributed by atoms with van der Waals surface area (Å²) in [6, 6.07) is 0. The molecule has 0 aromatic rings. The van der Waals surface area contributed by atoms with E-state index in [2.05, 4.69) is 23.6 Å². The van der Waals surface area contributed by atoms with E-state index in [0.717, 1.165) is 19.3 Å². The van der Waals surface area contributed by atoms with Crippen molar-refractivity contribution in [3.8, 4) is 0 Å². The molecule has 0 fully saturated rings. The van der Waals surface area contributed by atoms with Gasteiger partial charge >= 0.3 is 66.9 Å². The summed E-state index contributed by atoms with van der Waals surface area (Å²) in [6.45, 7) is 2.41. The summed E-state index contributed by atoms with van der Waals surface area (Å²) in [5, 5.41) is 0. The predicted molar refractivity (Wildman–Crippen MR) is 99.7 cm³/mol. The summed E-state index contributed by atoms with van der Waals surface area (Å²) in [6.07, 6.45) is 21.7. The maximum absolute atomic E-state index is 10.5. The number of hydrogen-bond donors (Lipinski definition) is 2. The first-order valence-corrected chi connectivity index (χ1v) is 10.9. The van der Waals surface area contributed by atoms with Crippen LogP contribution < -0.4 is 59.1 Å². The van der Waals surface area contributed by atoms with Crippen molar-refractivity contribution >= 4 is 7.82 Å². The van der Waals surface area contributed by atoms with Crippen molar-refractivity contribution in [3.05, 3.63) is 12.2 Å². The molecule has 25 heavy (non-hydrogen) atoms. The van der Waals surface area contributed by atoms with Gasteiger partial charge in [-0.3, -0.25) is 4.52 Å². The van der Waals surface area contributed by atoms with E-state index in [1.807, 2.05) is 0 Å². The van der Waals surface area contributed by atoms with Crippen LogP contribution in [0.4, 0.5) is 0 Å². The van der Waals surface area contributed by atoms with Crippen LogP contribution in [0, 0.1) is 0 Å². The Labute approximate surface area is 202 Å². The molecular formula is C18H39Na2O4P. The van der Waals surface area contributed by atoms with E-state index in [1.54, 1.807) is 0 Å². The molecule has 142 valence electrons. The van der Waals surface area contributed by atoms with Gasteiger partial charge in [-0.15, -0.1) is 0 Å². The van der Waals surface area contributed by atoms with Crippen molar-refractivity contribution in [3.63, 3.8) is 0 Å². The average Bonchev–Trinajstić information content (AvgIpc) is 2.49. The first-order valence-electron chi connectivity index (χ1n) is 9.41. The number of unbranched alkanes of at least 4 members (excludes halogenated alkanes) is 12. The van der Waals surface area contributed by atoms with Crippen LogP contribution in [0.2, 0.25) is 0 Å². The first kappa shape index (κ1) is 31.5. The van der Waals surface area contributed by atoms with Gasteiger partial charge in [-0.25, -0.2) is 4.57 Å². The number of phosphoric acid groups is 1. The molecule has 0 saturated heterocycles. The number of rotatable bonds is 17. The van der Waals surface area contributed by atoms with Gasteiger partial charge in [-0.2, -0.15) is 0 Å². The Morgan fingerprint density at radius 2 is 1.16 bits per heavy atom. The molecule has 0 spiro atoms. The van der Waals surface area contributed by atoms with E-state index in [4.69, 9.17) is 9.79 Å². The van der Waals surface area contributed by atoms with E-state index in [9.17, 15) is 4.57 Å².